The molecule has 7 heteroatoms. The van der Waals surface area contributed by atoms with E-state index in [0.29, 0.717) is 24.6 Å². The molecule has 27 heavy (non-hydrogen) atoms. The Labute approximate surface area is 158 Å². The van der Waals surface area contributed by atoms with Gasteiger partial charge < -0.3 is 14.8 Å². The summed E-state index contributed by atoms with van der Waals surface area (Å²) >= 11 is 0. The molecule has 2 aliphatic rings. The second-order valence-electron chi connectivity index (χ2n) is 7.97. The lowest BCUT2D eigenvalue weighted by molar-refractivity contribution is -0.137. The summed E-state index contributed by atoms with van der Waals surface area (Å²) < 4.78 is 16.5. The van der Waals surface area contributed by atoms with Crippen molar-refractivity contribution in [3.05, 3.63) is 47.3 Å². The Morgan fingerprint density at radius 2 is 1.93 bits per heavy atom. The van der Waals surface area contributed by atoms with Crippen molar-refractivity contribution in [3.8, 4) is 0 Å². The van der Waals surface area contributed by atoms with E-state index in [0.717, 1.165) is 44.1 Å². The zero-order valence-corrected chi connectivity index (χ0v) is 15.9. The summed E-state index contributed by atoms with van der Waals surface area (Å²) in [5.41, 5.74) is -0.422. The highest BCUT2D eigenvalue weighted by atomic mass is 19.1. The molecule has 0 atom stereocenters. The van der Waals surface area contributed by atoms with Crippen molar-refractivity contribution in [2.24, 2.45) is 0 Å². The molecule has 1 aromatic heterocycles. The summed E-state index contributed by atoms with van der Waals surface area (Å²) in [7, 11) is 0. The van der Waals surface area contributed by atoms with Crippen LogP contribution in [0.5, 0.6) is 0 Å². The molecule has 0 bridgehead atoms. The molecular formula is C20H26FN5O. The predicted molar refractivity (Wildman–Crippen MR) is 99.7 cm³/mol. The minimum atomic E-state index is -0.877. The van der Waals surface area contributed by atoms with E-state index in [9.17, 15) is 9.18 Å². The van der Waals surface area contributed by atoms with Crippen molar-refractivity contribution in [2.45, 2.75) is 51.1 Å². The molecule has 144 valence electrons. The first kappa shape index (κ1) is 18.1. The van der Waals surface area contributed by atoms with E-state index in [1.165, 1.54) is 6.07 Å². The van der Waals surface area contributed by atoms with Gasteiger partial charge in [-0.25, -0.2) is 4.39 Å². The Balaban J connectivity index is 1.45. The first-order valence-electron chi connectivity index (χ1n) is 9.65. The van der Waals surface area contributed by atoms with Crippen LogP contribution in [0.25, 0.3) is 0 Å². The molecular weight excluding hydrogens is 345 g/mol. The summed E-state index contributed by atoms with van der Waals surface area (Å²) in [6.45, 7) is 7.55. The molecule has 3 heterocycles. The zero-order chi connectivity index (χ0) is 19.0. The van der Waals surface area contributed by atoms with Crippen molar-refractivity contribution in [1.82, 2.24) is 25.0 Å². The van der Waals surface area contributed by atoms with Crippen molar-refractivity contribution in [3.63, 3.8) is 0 Å². The van der Waals surface area contributed by atoms with Gasteiger partial charge in [0.1, 0.15) is 17.5 Å². The maximum Gasteiger partial charge on any atom is 0.232 e. The van der Waals surface area contributed by atoms with Gasteiger partial charge in [0, 0.05) is 37.7 Å². The lowest BCUT2D eigenvalue weighted by Gasteiger charge is -2.37. The molecule has 4 rings (SSSR count). The molecule has 2 aromatic rings. The van der Waals surface area contributed by atoms with Gasteiger partial charge in [-0.2, -0.15) is 0 Å². The molecule has 0 radical (unpaired) electrons. The van der Waals surface area contributed by atoms with Crippen molar-refractivity contribution >= 4 is 5.91 Å². The van der Waals surface area contributed by atoms with E-state index in [1.54, 1.807) is 18.2 Å². The molecule has 0 unspecified atom stereocenters. The Morgan fingerprint density at radius 3 is 2.67 bits per heavy atom. The molecule has 1 aromatic carbocycles. The van der Waals surface area contributed by atoms with Gasteiger partial charge >= 0.3 is 0 Å². The number of nitrogens with one attached hydrogen (secondary N) is 1. The van der Waals surface area contributed by atoms with Gasteiger partial charge in [-0.05, 0) is 32.8 Å². The predicted octanol–water partition coefficient (Wildman–Crippen LogP) is 2.20. The third-order valence-corrected chi connectivity index (χ3v) is 5.88. The number of halogens is 1. The molecule has 1 amide bonds. The van der Waals surface area contributed by atoms with Gasteiger partial charge in [-0.15, -0.1) is 10.2 Å². The summed E-state index contributed by atoms with van der Waals surface area (Å²) in [4.78, 5) is 15.0. The maximum atomic E-state index is 14.2. The monoisotopic (exact) mass is 371 g/mol. The third-order valence-electron chi connectivity index (χ3n) is 5.88. The number of rotatable bonds is 3. The fourth-order valence-corrected chi connectivity index (χ4v) is 4.24. The quantitative estimate of drug-likeness (QED) is 0.899. The number of likely N-dealkylation sites (tertiary alicyclic amines) is 1. The highest BCUT2D eigenvalue weighted by Crippen LogP contribution is 2.32. The number of carbonyl (C=O) groups excluding carboxylic acids is 1. The number of hydrogen-bond donors (Lipinski definition) is 1. The smallest absolute Gasteiger partial charge is 0.232 e. The fraction of sp³-hybridized carbons (Fsp3) is 0.550. The molecule has 1 N–H and O–H groups in total. The van der Waals surface area contributed by atoms with Crippen LogP contribution < -0.4 is 5.32 Å². The van der Waals surface area contributed by atoms with Crippen LogP contribution in [0.2, 0.25) is 0 Å². The molecule has 6 nitrogen and oxygen atoms in total. The Morgan fingerprint density at radius 1 is 1.19 bits per heavy atom. The Kier molecular flexibility index (Phi) is 4.72. The van der Waals surface area contributed by atoms with Crippen molar-refractivity contribution < 1.29 is 9.18 Å². The summed E-state index contributed by atoms with van der Waals surface area (Å²) in [6.07, 6.45) is 1.73. The van der Waals surface area contributed by atoms with E-state index in [2.05, 4.69) is 20.1 Å². The Hall–Kier alpha value is -2.28. The van der Waals surface area contributed by atoms with E-state index < -0.39 is 5.41 Å². The molecule has 0 spiro atoms. The minimum Gasteiger partial charge on any atom is -0.342 e. The van der Waals surface area contributed by atoms with Crippen LogP contribution in [-0.4, -0.2) is 45.2 Å². The van der Waals surface area contributed by atoms with Crippen LogP contribution in [0.4, 0.5) is 4.39 Å². The first-order valence-corrected chi connectivity index (χ1v) is 9.65. The van der Waals surface area contributed by atoms with Crippen LogP contribution in [0.15, 0.2) is 24.3 Å². The number of amides is 1. The van der Waals surface area contributed by atoms with Gasteiger partial charge in [0.25, 0.3) is 0 Å². The van der Waals surface area contributed by atoms with Gasteiger partial charge in [0.2, 0.25) is 5.91 Å². The van der Waals surface area contributed by atoms with Gasteiger partial charge in [-0.1, -0.05) is 18.2 Å². The number of carbonyl (C=O) groups is 1. The van der Waals surface area contributed by atoms with Gasteiger partial charge in [0.15, 0.2) is 0 Å². The van der Waals surface area contributed by atoms with Crippen molar-refractivity contribution in [2.75, 3.05) is 19.6 Å². The van der Waals surface area contributed by atoms with Crippen LogP contribution in [0, 0.1) is 5.82 Å². The minimum absolute atomic E-state index is 0.0153. The molecule has 1 saturated heterocycles. The lowest BCUT2D eigenvalue weighted by Crippen LogP contribution is -2.47. The fourth-order valence-electron chi connectivity index (χ4n) is 4.24. The third kappa shape index (κ3) is 3.25. The van der Waals surface area contributed by atoms with Crippen LogP contribution in [0.3, 0.4) is 0 Å². The first-order chi connectivity index (χ1) is 13.0. The zero-order valence-electron chi connectivity index (χ0n) is 15.9. The molecule has 1 fully saturated rings. The average molecular weight is 371 g/mol. The molecule has 2 aliphatic heterocycles. The van der Waals surface area contributed by atoms with E-state index in [4.69, 9.17) is 0 Å². The molecule has 0 saturated carbocycles. The number of piperidine rings is 1. The summed E-state index contributed by atoms with van der Waals surface area (Å²) in [6, 6.07) is 6.55. The maximum absolute atomic E-state index is 14.2. The van der Waals surface area contributed by atoms with Crippen LogP contribution >= 0.6 is 0 Å². The number of fused-ring (bicyclic) bond motifs is 1. The van der Waals surface area contributed by atoms with Gasteiger partial charge in [0.05, 0.1) is 12.0 Å². The average Bonchev–Trinajstić information content (AvgIpc) is 3.12. The second kappa shape index (κ2) is 7.03. The highest BCUT2D eigenvalue weighted by Gasteiger charge is 2.38. The Bertz CT molecular complexity index is 839. The van der Waals surface area contributed by atoms with E-state index in [1.807, 2.05) is 18.7 Å². The van der Waals surface area contributed by atoms with E-state index in [-0.39, 0.29) is 11.7 Å². The largest absolute Gasteiger partial charge is 0.342 e. The number of hydrogen-bond acceptors (Lipinski definition) is 4. The standard InChI is InChI=1S/C20H26FN5O/c1-20(2,15-5-3-4-6-16(15)21)19(27)25-10-7-14(8-11-25)18-24-23-17-13-22-9-12-26(17)18/h3-6,14,22H,7-13H2,1-2H3. The second-order valence-corrected chi connectivity index (χ2v) is 7.97. The number of aromatic nitrogens is 3. The SMILES string of the molecule is CC(C)(C(=O)N1CCC(c2nnc3n2CCNC3)CC1)c1ccccc1F. The van der Waals surface area contributed by atoms with Gasteiger partial charge in [-0.3, -0.25) is 4.79 Å². The number of nitrogens with zero attached hydrogens (tertiary/aromatic N) is 4. The lowest BCUT2D eigenvalue weighted by atomic mass is 9.82. The van der Waals surface area contributed by atoms with Crippen LogP contribution in [0.1, 0.15) is 49.8 Å². The molecule has 0 aliphatic carbocycles. The number of benzene rings is 1. The van der Waals surface area contributed by atoms with Crippen molar-refractivity contribution in [1.29, 1.82) is 0 Å². The summed E-state index contributed by atoms with van der Waals surface area (Å²) in [5.74, 6) is 2.03. The van der Waals surface area contributed by atoms with Crippen LogP contribution in [-0.2, 0) is 23.3 Å². The summed E-state index contributed by atoms with van der Waals surface area (Å²) in [5, 5.41) is 12.0. The topological polar surface area (TPSA) is 63.1 Å². The van der Waals surface area contributed by atoms with E-state index >= 15 is 0 Å². The highest BCUT2D eigenvalue weighted by molar-refractivity contribution is 5.87. The normalized spacial score (nSPS) is 18.4.